The monoisotopic (exact) mass is 310 g/mol. The Morgan fingerprint density at radius 3 is 2.86 bits per heavy atom. The normalized spacial score (nSPS) is 11.9. The first-order chi connectivity index (χ1) is 10.0. The van der Waals surface area contributed by atoms with Gasteiger partial charge in [0.15, 0.2) is 5.76 Å². The summed E-state index contributed by atoms with van der Waals surface area (Å²) in [6.07, 6.45) is 1.50. The number of nitrogens with two attached hydrogens (primary N) is 1. The van der Waals surface area contributed by atoms with Crippen molar-refractivity contribution in [2.75, 3.05) is 12.9 Å². The van der Waals surface area contributed by atoms with E-state index in [0.717, 1.165) is 11.8 Å². The highest BCUT2D eigenvalue weighted by molar-refractivity contribution is 8.00. The molecule has 2 aromatic rings. The summed E-state index contributed by atoms with van der Waals surface area (Å²) in [6, 6.07) is 2.83. The average molecular weight is 310 g/mol. The van der Waals surface area contributed by atoms with Crippen LogP contribution in [0.5, 0.6) is 0 Å². The van der Waals surface area contributed by atoms with Crippen LogP contribution in [0.25, 0.3) is 11.6 Å². The van der Waals surface area contributed by atoms with Crippen LogP contribution in [0.4, 0.5) is 4.79 Å². The lowest BCUT2D eigenvalue weighted by Gasteiger charge is -2.10. The van der Waals surface area contributed by atoms with E-state index in [2.05, 4.69) is 20.8 Å². The Morgan fingerprint density at radius 1 is 1.48 bits per heavy atom. The molecule has 0 aliphatic rings. The highest BCUT2D eigenvalue weighted by atomic mass is 32.2. The van der Waals surface area contributed by atoms with Crippen molar-refractivity contribution in [3.05, 3.63) is 18.4 Å². The molecule has 0 aliphatic heterocycles. The number of aromatic nitrogens is 3. The zero-order valence-corrected chi connectivity index (χ0v) is 12.2. The molecule has 0 unspecified atom stereocenters. The minimum absolute atomic E-state index is 0.334. The summed E-state index contributed by atoms with van der Waals surface area (Å²) in [4.78, 5) is 22.8. The number of hydrogen-bond donors (Lipinski definition) is 3. The largest absolute Gasteiger partial charge is 0.461 e. The van der Waals surface area contributed by atoms with Gasteiger partial charge in [0.1, 0.15) is 0 Å². The lowest BCUT2D eigenvalue weighted by Crippen LogP contribution is -2.41. The molecular formula is C11H14N6O3S. The third-order valence-electron chi connectivity index (χ3n) is 2.52. The van der Waals surface area contributed by atoms with Gasteiger partial charge in [-0.15, -0.1) is 10.2 Å². The Bertz CT molecular complexity index is 638. The van der Waals surface area contributed by atoms with E-state index in [1.54, 1.807) is 19.1 Å². The van der Waals surface area contributed by atoms with Gasteiger partial charge >= 0.3 is 6.03 Å². The van der Waals surface area contributed by atoms with Gasteiger partial charge in [-0.2, -0.15) is 0 Å². The van der Waals surface area contributed by atoms with E-state index in [9.17, 15) is 9.59 Å². The summed E-state index contributed by atoms with van der Waals surface area (Å²) < 4.78 is 6.42. The smallest absolute Gasteiger partial charge is 0.321 e. The standard InChI is InChI=1S/C11H14N6O3S/c1-6(9(18)14-10(19)13-2)21-11-16-15-8(17(11)12)7-4-3-5-20-7/h3-6H,12H2,1-2H3,(H2,13,14,18,19)/t6-/m1/s1. The molecule has 0 saturated heterocycles. The van der Waals surface area contributed by atoms with Crippen LogP contribution in [0.15, 0.2) is 28.0 Å². The second-order valence-corrected chi connectivity index (χ2v) is 5.29. The highest BCUT2D eigenvalue weighted by Crippen LogP contribution is 2.24. The topological polar surface area (TPSA) is 128 Å². The maximum Gasteiger partial charge on any atom is 0.321 e. The van der Waals surface area contributed by atoms with Crippen molar-refractivity contribution in [2.45, 2.75) is 17.3 Å². The van der Waals surface area contributed by atoms with Gasteiger partial charge in [-0.1, -0.05) is 11.8 Å². The van der Waals surface area contributed by atoms with Gasteiger partial charge in [-0.25, -0.2) is 9.47 Å². The summed E-state index contributed by atoms with van der Waals surface area (Å²) in [7, 11) is 1.42. The second-order valence-electron chi connectivity index (χ2n) is 3.98. The number of hydrogen-bond acceptors (Lipinski definition) is 7. The fourth-order valence-electron chi connectivity index (χ4n) is 1.42. The second kappa shape index (κ2) is 6.31. The van der Waals surface area contributed by atoms with Crippen molar-refractivity contribution in [3.8, 4) is 11.6 Å². The molecule has 10 heteroatoms. The van der Waals surface area contributed by atoms with Crippen LogP contribution in [0.1, 0.15) is 6.92 Å². The number of furan rings is 1. The Morgan fingerprint density at radius 2 is 2.24 bits per heavy atom. The van der Waals surface area contributed by atoms with Crippen LogP contribution >= 0.6 is 11.8 Å². The fraction of sp³-hybridized carbons (Fsp3) is 0.273. The number of nitrogen functional groups attached to an aromatic ring is 1. The number of rotatable bonds is 4. The van der Waals surface area contributed by atoms with Crippen LogP contribution in [0.3, 0.4) is 0 Å². The molecule has 3 amide bonds. The first kappa shape index (κ1) is 14.9. The molecule has 112 valence electrons. The molecule has 0 spiro atoms. The Kier molecular flexibility index (Phi) is 4.48. The van der Waals surface area contributed by atoms with Crippen molar-refractivity contribution >= 4 is 23.7 Å². The zero-order chi connectivity index (χ0) is 15.4. The molecule has 1 atom stereocenters. The maximum absolute atomic E-state index is 11.8. The number of imide groups is 1. The predicted molar refractivity (Wildman–Crippen MR) is 75.8 cm³/mol. The quantitative estimate of drug-likeness (QED) is 0.543. The minimum atomic E-state index is -0.571. The average Bonchev–Trinajstić information content (AvgIpc) is 3.09. The number of thioether (sulfide) groups is 1. The predicted octanol–water partition coefficient (Wildman–Crippen LogP) is 0.188. The van der Waals surface area contributed by atoms with Crippen molar-refractivity contribution in [3.63, 3.8) is 0 Å². The molecule has 0 aliphatic carbocycles. The fourth-order valence-corrected chi connectivity index (χ4v) is 2.19. The number of nitrogens with one attached hydrogen (secondary N) is 2. The third kappa shape index (κ3) is 3.34. The molecule has 21 heavy (non-hydrogen) atoms. The molecule has 2 rings (SSSR count). The Balaban J connectivity index is 2.07. The van der Waals surface area contributed by atoms with Crippen molar-refractivity contribution in [1.29, 1.82) is 0 Å². The van der Waals surface area contributed by atoms with Gasteiger partial charge in [-0.05, 0) is 19.1 Å². The lowest BCUT2D eigenvalue weighted by molar-refractivity contribution is -0.119. The number of carbonyl (C=O) groups excluding carboxylic acids is 2. The summed E-state index contributed by atoms with van der Waals surface area (Å²) in [6.45, 7) is 1.63. The van der Waals surface area contributed by atoms with Gasteiger partial charge < -0.3 is 15.6 Å². The van der Waals surface area contributed by atoms with E-state index in [-0.39, 0.29) is 0 Å². The van der Waals surface area contributed by atoms with Crippen molar-refractivity contribution in [2.24, 2.45) is 0 Å². The van der Waals surface area contributed by atoms with Crippen LogP contribution in [0, 0.1) is 0 Å². The summed E-state index contributed by atoms with van der Waals surface area (Å²) in [5.74, 6) is 6.23. The number of nitrogens with zero attached hydrogens (tertiary/aromatic N) is 3. The highest BCUT2D eigenvalue weighted by Gasteiger charge is 2.21. The molecule has 2 heterocycles. The molecule has 9 nitrogen and oxygen atoms in total. The third-order valence-corrected chi connectivity index (χ3v) is 3.58. The van der Waals surface area contributed by atoms with E-state index in [4.69, 9.17) is 10.3 Å². The SMILES string of the molecule is CNC(=O)NC(=O)[C@@H](C)Sc1nnc(-c2ccco2)n1N. The maximum atomic E-state index is 11.8. The Labute approximate surface area is 124 Å². The van der Waals surface area contributed by atoms with Crippen LogP contribution in [-0.4, -0.2) is 39.1 Å². The zero-order valence-electron chi connectivity index (χ0n) is 11.4. The van der Waals surface area contributed by atoms with E-state index in [1.807, 2.05) is 0 Å². The molecule has 0 radical (unpaired) electrons. The van der Waals surface area contributed by atoms with E-state index >= 15 is 0 Å². The number of amides is 3. The molecule has 0 bridgehead atoms. The Hall–Kier alpha value is -2.49. The van der Waals surface area contributed by atoms with Crippen molar-refractivity contribution < 1.29 is 14.0 Å². The van der Waals surface area contributed by atoms with Crippen LogP contribution < -0.4 is 16.5 Å². The first-order valence-corrected chi connectivity index (χ1v) is 6.84. The van der Waals surface area contributed by atoms with E-state index in [1.165, 1.54) is 18.0 Å². The van der Waals surface area contributed by atoms with E-state index in [0.29, 0.717) is 16.7 Å². The molecule has 2 aromatic heterocycles. The van der Waals surface area contributed by atoms with Gasteiger partial charge in [-0.3, -0.25) is 10.1 Å². The molecule has 4 N–H and O–H groups in total. The van der Waals surface area contributed by atoms with Crippen molar-refractivity contribution in [1.82, 2.24) is 25.5 Å². The molecule has 0 saturated carbocycles. The van der Waals surface area contributed by atoms with Crippen LogP contribution in [-0.2, 0) is 4.79 Å². The van der Waals surface area contributed by atoms with Crippen LogP contribution in [0.2, 0.25) is 0 Å². The summed E-state index contributed by atoms with van der Waals surface area (Å²) in [5.41, 5.74) is 0. The van der Waals surface area contributed by atoms with E-state index < -0.39 is 17.2 Å². The van der Waals surface area contributed by atoms with Gasteiger partial charge in [0, 0.05) is 7.05 Å². The molecule has 0 aromatic carbocycles. The lowest BCUT2D eigenvalue weighted by atomic mass is 10.4. The summed E-state index contributed by atoms with van der Waals surface area (Å²) >= 11 is 1.08. The molecular weight excluding hydrogens is 296 g/mol. The minimum Gasteiger partial charge on any atom is -0.461 e. The number of urea groups is 1. The van der Waals surface area contributed by atoms with Gasteiger partial charge in [0.25, 0.3) is 0 Å². The van der Waals surface area contributed by atoms with Gasteiger partial charge in [0.2, 0.25) is 16.9 Å². The summed E-state index contributed by atoms with van der Waals surface area (Å²) in [5, 5.41) is 12.1. The van der Waals surface area contributed by atoms with Gasteiger partial charge in [0.05, 0.1) is 11.5 Å². The molecule has 0 fully saturated rings. The first-order valence-electron chi connectivity index (χ1n) is 5.96. The number of carbonyl (C=O) groups is 2.